The summed E-state index contributed by atoms with van der Waals surface area (Å²) < 4.78 is 24.7. The molecule has 0 aromatic carbocycles. The minimum absolute atomic E-state index is 0.00515. The second kappa shape index (κ2) is 9.04. The van der Waals surface area contributed by atoms with E-state index in [1.807, 2.05) is 0 Å². The first-order valence-electron chi connectivity index (χ1n) is 15.0. The molecule has 11 atom stereocenters. The standard InChI is InChI=1S/C31H48O6/c1-7-31(8-2)15-34-28(35-16-31)17(3)20-9-10-21-25-22(11-12-29(20,21)5)30(6)19(13-23(25)33)14-24(36-18(4)32)26-27(30)37-26/h13,17,20-28,33H,7-12,14-16H2,1-6H3/t17?,20-,21+,22+,23-,24-,25+,26+,27+,29-,30+/m1/s1. The summed E-state index contributed by atoms with van der Waals surface area (Å²) in [4.78, 5) is 11.7. The van der Waals surface area contributed by atoms with Gasteiger partial charge in [-0.05, 0) is 67.6 Å². The van der Waals surface area contributed by atoms with E-state index in [2.05, 4.69) is 40.7 Å². The minimum atomic E-state index is -0.447. The third-order valence-corrected chi connectivity index (χ3v) is 12.5. The zero-order valence-corrected chi connectivity index (χ0v) is 23.7. The van der Waals surface area contributed by atoms with Gasteiger partial charge in [0.1, 0.15) is 12.2 Å². The molecule has 1 unspecified atom stereocenters. The summed E-state index contributed by atoms with van der Waals surface area (Å²) in [6.45, 7) is 14.8. The van der Waals surface area contributed by atoms with Crippen molar-refractivity contribution in [3.05, 3.63) is 11.6 Å². The maximum absolute atomic E-state index is 11.7. The molecule has 0 amide bonds. The van der Waals surface area contributed by atoms with Crippen LogP contribution in [0.15, 0.2) is 11.6 Å². The molecule has 2 saturated heterocycles. The fraction of sp³-hybridized carbons (Fsp3) is 0.903. The first-order chi connectivity index (χ1) is 17.6. The Hall–Kier alpha value is -0.950. The molecule has 3 saturated carbocycles. The fourth-order valence-electron chi connectivity index (χ4n) is 9.99. The molecule has 0 aromatic rings. The number of esters is 1. The van der Waals surface area contributed by atoms with Crippen LogP contribution in [-0.4, -0.2) is 55.0 Å². The van der Waals surface area contributed by atoms with Gasteiger partial charge >= 0.3 is 5.97 Å². The van der Waals surface area contributed by atoms with E-state index in [1.54, 1.807) is 0 Å². The minimum Gasteiger partial charge on any atom is -0.459 e. The average Bonchev–Trinajstić information content (AvgIpc) is 3.62. The number of fused-ring (bicyclic) bond motifs is 7. The number of hydrogen-bond donors (Lipinski definition) is 1. The molecular formula is C31H48O6. The average molecular weight is 517 g/mol. The van der Waals surface area contributed by atoms with Crippen LogP contribution in [0.25, 0.3) is 0 Å². The van der Waals surface area contributed by atoms with Gasteiger partial charge in [-0.3, -0.25) is 4.79 Å². The van der Waals surface area contributed by atoms with Crippen molar-refractivity contribution in [1.29, 1.82) is 0 Å². The summed E-state index contributed by atoms with van der Waals surface area (Å²) in [5.41, 5.74) is 1.52. The summed E-state index contributed by atoms with van der Waals surface area (Å²) in [5.74, 6) is 1.77. The van der Waals surface area contributed by atoms with Gasteiger partial charge in [0.25, 0.3) is 0 Å². The van der Waals surface area contributed by atoms with Gasteiger partial charge in [0, 0.05) is 30.1 Å². The van der Waals surface area contributed by atoms with Gasteiger partial charge in [0.05, 0.1) is 25.4 Å². The largest absolute Gasteiger partial charge is 0.459 e. The Bertz CT molecular complexity index is 932. The maximum atomic E-state index is 11.7. The van der Waals surface area contributed by atoms with E-state index in [1.165, 1.54) is 25.3 Å². The van der Waals surface area contributed by atoms with Gasteiger partial charge < -0.3 is 24.1 Å². The predicted molar refractivity (Wildman–Crippen MR) is 139 cm³/mol. The van der Waals surface area contributed by atoms with Crippen LogP contribution in [0, 0.1) is 45.8 Å². The number of epoxide rings is 1. The van der Waals surface area contributed by atoms with Crippen LogP contribution < -0.4 is 0 Å². The summed E-state index contributed by atoms with van der Waals surface area (Å²) in [6, 6.07) is 0. The number of aliphatic hydroxyl groups excluding tert-OH is 1. The zero-order chi connectivity index (χ0) is 26.3. The summed E-state index contributed by atoms with van der Waals surface area (Å²) >= 11 is 0. The summed E-state index contributed by atoms with van der Waals surface area (Å²) in [5, 5.41) is 11.6. The first kappa shape index (κ1) is 26.3. The smallest absolute Gasteiger partial charge is 0.303 e. The van der Waals surface area contributed by atoms with Gasteiger partial charge in [-0.15, -0.1) is 0 Å². The molecule has 4 aliphatic carbocycles. The molecule has 6 rings (SSSR count). The van der Waals surface area contributed by atoms with E-state index in [9.17, 15) is 9.90 Å². The number of hydrogen-bond acceptors (Lipinski definition) is 6. The van der Waals surface area contributed by atoms with Crippen molar-refractivity contribution in [3.8, 4) is 0 Å². The van der Waals surface area contributed by atoms with Crippen molar-refractivity contribution in [3.63, 3.8) is 0 Å². The van der Waals surface area contributed by atoms with E-state index >= 15 is 0 Å². The van der Waals surface area contributed by atoms with Crippen LogP contribution in [0.3, 0.4) is 0 Å². The van der Waals surface area contributed by atoms with E-state index < -0.39 is 6.10 Å². The topological polar surface area (TPSA) is 77.5 Å². The van der Waals surface area contributed by atoms with Crippen molar-refractivity contribution < 1.29 is 28.8 Å². The fourth-order valence-corrected chi connectivity index (χ4v) is 9.99. The number of aliphatic hydroxyl groups is 1. The van der Waals surface area contributed by atoms with Crippen molar-refractivity contribution in [1.82, 2.24) is 0 Å². The summed E-state index contributed by atoms with van der Waals surface area (Å²) in [7, 11) is 0. The Morgan fingerprint density at radius 1 is 1.14 bits per heavy atom. The highest BCUT2D eigenvalue weighted by molar-refractivity contribution is 5.66. The van der Waals surface area contributed by atoms with Crippen LogP contribution >= 0.6 is 0 Å². The molecule has 1 N–H and O–H groups in total. The molecule has 6 nitrogen and oxygen atoms in total. The van der Waals surface area contributed by atoms with Crippen LogP contribution in [0.2, 0.25) is 0 Å². The molecule has 0 radical (unpaired) electrons. The van der Waals surface area contributed by atoms with Crippen molar-refractivity contribution >= 4 is 5.97 Å². The Morgan fingerprint density at radius 2 is 1.84 bits per heavy atom. The predicted octanol–water partition coefficient (Wildman–Crippen LogP) is 5.27. The quantitative estimate of drug-likeness (QED) is 0.305. The highest BCUT2D eigenvalue weighted by Gasteiger charge is 2.69. The van der Waals surface area contributed by atoms with Gasteiger partial charge in [-0.25, -0.2) is 0 Å². The number of rotatable bonds is 5. The van der Waals surface area contributed by atoms with Gasteiger partial charge in [-0.2, -0.15) is 0 Å². The molecule has 2 heterocycles. The molecule has 0 bridgehead atoms. The SMILES string of the molecule is CCC1(CC)COC(C(C)[C@H]2CC[C@H]3[C@@H]4[C@H](O)C=C5C[C@@H](OC(C)=O)[C@@H]6O[C@@H]6[C@]5(C)[C@H]4CC[C@]23C)OC1. The molecule has 0 spiro atoms. The molecule has 6 aliphatic rings. The Morgan fingerprint density at radius 3 is 2.49 bits per heavy atom. The molecule has 208 valence electrons. The number of ether oxygens (including phenoxy) is 4. The molecule has 0 aromatic heterocycles. The van der Waals surface area contributed by atoms with Gasteiger partial charge in [0.15, 0.2) is 6.29 Å². The second-order valence-electron chi connectivity index (χ2n) is 13.9. The van der Waals surface area contributed by atoms with Crippen LogP contribution in [0.1, 0.15) is 86.5 Å². The van der Waals surface area contributed by atoms with E-state index in [-0.39, 0.29) is 52.7 Å². The van der Waals surface area contributed by atoms with Gasteiger partial charge in [0.2, 0.25) is 0 Å². The molecule has 2 aliphatic heterocycles. The highest BCUT2D eigenvalue weighted by atomic mass is 16.7. The lowest BCUT2D eigenvalue weighted by Crippen LogP contribution is -2.57. The third-order valence-electron chi connectivity index (χ3n) is 12.5. The normalized spacial score (nSPS) is 49.1. The zero-order valence-electron chi connectivity index (χ0n) is 23.7. The highest BCUT2D eigenvalue weighted by Crippen LogP contribution is 2.69. The monoisotopic (exact) mass is 516 g/mol. The summed E-state index contributed by atoms with van der Waals surface area (Å²) in [6.07, 6.45) is 8.94. The van der Waals surface area contributed by atoms with Crippen LogP contribution in [-0.2, 0) is 23.7 Å². The van der Waals surface area contributed by atoms with Crippen molar-refractivity contribution in [2.24, 2.45) is 45.8 Å². The molecule has 6 heteroatoms. The molecule has 5 fully saturated rings. The van der Waals surface area contributed by atoms with E-state index in [0.717, 1.165) is 38.9 Å². The maximum Gasteiger partial charge on any atom is 0.303 e. The van der Waals surface area contributed by atoms with Crippen molar-refractivity contribution in [2.45, 2.75) is 117 Å². The molecule has 37 heavy (non-hydrogen) atoms. The van der Waals surface area contributed by atoms with Crippen LogP contribution in [0.4, 0.5) is 0 Å². The first-order valence-corrected chi connectivity index (χ1v) is 15.0. The Kier molecular flexibility index (Phi) is 6.42. The number of carbonyl (C=O) groups is 1. The lowest BCUT2D eigenvalue weighted by atomic mass is 9.46. The lowest BCUT2D eigenvalue weighted by molar-refractivity contribution is -0.261. The lowest BCUT2D eigenvalue weighted by Gasteiger charge is -2.59. The Labute approximate surface area is 222 Å². The number of carbonyl (C=O) groups excluding carboxylic acids is 1. The second-order valence-corrected chi connectivity index (χ2v) is 13.9. The Balaban J connectivity index is 1.21. The molecular weight excluding hydrogens is 468 g/mol. The third kappa shape index (κ3) is 3.82. The van der Waals surface area contributed by atoms with Gasteiger partial charge in [-0.1, -0.05) is 46.3 Å². The van der Waals surface area contributed by atoms with Crippen LogP contribution in [0.5, 0.6) is 0 Å². The van der Waals surface area contributed by atoms with E-state index in [0.29, 0.717) is 30.1 Å². The van der Waals surface area contributed by atoms with Crippen molar-refractivity contribution in [2.75, 3.05) is 13.2 Å². The van der Waals surface area contributed by atoms with E-state index in [4.69, 9.17) is 18.9 Å².